The summed E-state index contributed by atoms with van der Waals surface area (Å²) in [6.45, 7) is 4.03. The van der Waals surface area contributed by atoms with Crippen molar-refractivity contribution in [3.05, 3.63) is 71.4 Å². The molecule has 0 N–H and O–H groups in total. The molecule has 2 aromatic heterocycles. The highest BCUT2D eigenvalue weighted by Crippen LogP contribution is 2.34. The largest absolute Gasteiger partial charge is 0.497 e. The van der Waals surface area contributed by atoms with Crippen molar-refractivity contribution in [2.75, 3.05) is 18.0 Å². The Bertz CT molecular complexity index is 1420. The molecule has 0 bridgehead atoms. The maximum Gasteiger partial charge on any atom is 0.268 e. The molecule has 10 heteroatoms. The van der Waals surface area contributed by atoms with Crippen LogP contribution in [0.5, 0.6) is 5.75 Å². The summed E-state index contributed by atoms with van der Waals surface area (Å²) >= 11 is 0. The first-order valence-corrected chi connectivity index (χ1v) is 11.9. The molecule has 170 valence electrons. The molecule has 2 aromatic carbocycles. The van der Waals surface area contributed by atoms with Crippen LogP contribution in [0.25, 0.3) is 11.5 Å². The minimum atomic E-state index is -3.76. The second kappa shape index (κ2) is 8.04. The lowest BCUT2D eigenvalue weighted by Crippen LogP contribution is -2.30. The van der Waals surface area contributed by atoms with Crippen LogP contribution in [0.2, 0.25) is 0 Å². The Kier molecular flexibility index (Phi) is 5.16. The van der Waals surface area contributed by atoms with Crippen LogP contribution in [-0.2, 0) is 23.0 Å². The molecule has 0 atom stereocenters. The van der Waals surface area contributed by atoms with E-state index in [1.54, 1.807) is 25.6 Å². The van der Waals surface area contributed by atoms with Crippen molar-refractivity contribution in [3.63, 3.8) is 0 Å². The van der Waals surface area contributed by atoms with E-state index in [0.29, 0.717) is 36.1 Å². The van der Waals surface area contributed by atoms with Crippen LogP contribution >= 0.6 is 0 Å². The molecule has 0 amide bonds. The summed E-state index contributed by atoms with van der Waals surface area (Å²) < 4.78 is 41.1. The molecular formula is C23H23N5O4S. The third-order valence-corrected chi connectivity index (χ3v) is 7.86. The van der Waals surface area contributed by atoms with Crippen LogP contribution in [0.1, 0.15) is 22.8 Å². The van der Waals surface area contributed by atoms with Gasteiger partial charge in [-0.05, 0) is 56.2 Å². The zero-order valence-corrected chi connectivity index (χ0v) is 19.3. The molecule has 1 aliphatic heterocycles. The molecule has 0 aliphatic carbocycles. The fourth-order valence-electron chi connectivity index (χ4n) is 4.17. The lowest BCUT2D eigenvalue weighted by molar-refractivity contribution is 0.415. The van der Waals surface area contributed by atoms with Crippen LogP contribution in [0.15, 0.2) is 57.8 Å². The van der Waals surface area contributed by atoms with Crippen molar-refractivity contribution < 1.29 is 17.6 Å². The number of aromatic nitrogens is 4. The van der Waals surface area contributed by atoms with Gasteiger partial charge in [0.25, 0.3) is 10.0 Å². The fourth-order valence-corrected chi connectivity index (χ4v) is 6.05. The molecule has 5 rings (SSSR count). The van der Waals surface area contributed by atoms with Gasteiger partial charge in [0.2, 0.25) is 11.8 Å². The van der Waals surface area contributed by atoms with E-state index in [2.05, 4.69) is 15.3 Å². The minimum Gasteiger partial charge on any atom is -0.497 e. The van der Waals surface area contributed by atoms with E-state index in [1.807, 2.05) is 48.5 Å². The van der Waals surface area contributed by atoms with Gasteiger partial charge in [-0.2, -0.15) is 5.10 Å². The summed E-state index contributed by atoms with van der Waals surface area (Å²) in [7, 11) is -2.16. The minimum absolute atomic E-state index is 0.169. The van der Waals surface area contributed by atoms with Gasteiger partial charge < -0.3 is 9.15 Å². The number of anilines is 1. The predicted molar refractivity (Wildman–Crippen MR) is 122 cm³/mol. The number of nitrogens with zero attached hydrogens (tertiary/aromatic N) is 5. The Hall–Kier alpha value is -3.66. The highest BCUT2D eigenvalue weighted by atomic mass is 32.2. The summed E-state index contributed by atoms with van der Waals surface area (Å²) in [6.07, 6.45) is 0.692. The van der Waals surface area contributed by atoms with Gasteiger partial charge in [-0.3, -0.25) is 8.99 Å². The Balaban J connectivity index is 1.43. The van der Waals surface area contributed by atoms with E-state index in [4.69, 9.17) is 9.15 Å². The van der Waals surface area contributed by atoms with Gasteiger partial charge in [0, 0.05) is 12.1 Å². The monoisotopic (exact) mass is 465 g/mol. The van der Waals surface area contributed by atoms with Crippen molar-refractivity contribution in [1.82, 2.24) is 20.0 Å². The fraction of sp³-hybridized carbons (Fsp3) is 0.261. The zero-order valence-electron chi connectivity index (χ0n) is 18.5. The zero-order chi connectivity index (χ0) is 23.2. The van der Waals surface area contributed by atoms with Gasteiger partial charge in [0.15, 0.2) is 0 Å². The maximum atomic E-state index is 13.6. The molecule has 33 heavy (non-hydrogen) atoms. The van der Waals surface area contributed by atoms with E-state index < -0.39 is 10.0 Å². The molecule has 0 saturated heterocycles. The van der Waals surface area contributed by atoms with Crippen molar-refractivity contribution in [1.29, 1.82) is 0 Å². The second-order valence-electron chi connectivity index (χ2n) is 7.84. The first kappa shape index (κ1) is 21.2. The third-order valence-electron chi connectivity index (χ3n) is 5.80. The molecule has 0 fully saturated rings. The standard InChI is InChI=1S/C23H23N5O4S/c1-15-22(33(29,30)28-13-12-17-6-4-5-7-20(17)28)16(2)27(26-15)14-21-24-25-23(32-21)18-8-10-19(31-3)11-9-18/h4-11H,12-14H2,1-3H3. The number of hydrogen-bond donors (Lipinski definition) is 0. The smallest absolute Gasteiger partial charge is 0.268 e. The van der Waals surface area contributed by atoms with E-state index in [9.17, 15) is 8.42 Å². The Labute approximate surface area is 191 Å². The second-order valence-corrected chi connectivity index (χ2v) is 9.64. The number of fused-ring (bicyclic) bond motifs is 1. The first-order valence-electron chi connectivity index (χ1n) is 10.5. The molecule has 0 radical (unpaired) electrons. The quantitative estimate of drug-likeness (QED) is 0.430. The number of para-hydroxylation sites is 1. The van der Waals surface area contributed by atoms with E-state index in [-0.39, 0.29) is 11.4 Å². The van der Waals surface area contributed by atoms with Crippen LogP contribution in [0, 0.1) is 13.8 Å². The molecule has 1 aliphatic rings. The van der Waals surface area contributed by atoms with Crippen molar-refractivity contribution in [3.8, 4) is 17.2 Å². The lowest BCUT2D eigenvalue weighted by Gasteiger charge is -2.19. The molecule has 0 spiro atoms. The average Bonchev–Trinajstić information content (AvgIpc) is 3.52. The summed E-state index contributed by atoms with van der Waals surface area (Å²) in [5, 5.41) is 12.7. The van der Waals surface area contributed by atoms with Gasteiger partial charge in [-0.25, -0.2) is 8.42 Å². The van der Waals surface area contributed by atoms with Gasteiger partial charge in [0.1, 0.15) is 17.2 Å². The Morgan fingerprint density at radius 2 is 1.82 bits per heavy atom. The normalized spacial score (nSPS) is 13.4. The lowest BCUT2D eigenvalue weighted by atomic mass is 10.2. The van der Waals surface area contributed by atoms with Gasteiger partial charge >= 0.3 is 0 Å². The van der Waals surface area contributed by atoms with Crippen molar-refractivity contribution >= 4 is 15.7 Å². The first-order chi connectivity index (χ1) is 15.9. The number of aryl methyl sites for hydroxylation is 1. The molecular weight excluding hydrogens is 442 g/mol. The Morgan fingerprint density at radius 1 is 1.06 bits per heavy atom. The SMILES string of the molecule is COc1ccc(-c2nnc(Cn3nc(C)c(S(=O)(=O)N4CCc5ccccc54)c3C)o2)cc1. The van der Waals surface area contributed by atoms with E-state index in [0.717, 1.165) is 22.6 Å². The average molecular weight is 466 g/mol. The van der Waals surface area contributed by atoms with E-state index in [1.165, 1.54) is 4.31 Å². The summed E-state index contributed by atoms with van der Waals surface area (Å²) in [6, 6.07) is 14.9. The number of methoxy groups -OCH3 is 1. The molecule has 9 nitrogen and oxygen atoms in total. The highest BCUT2D eigenvalue weighted by Gasteiger charge is 2.35. The van der Waals surface area contributed by atoms with Crippen LogP contribution in [-0.4, -0.2) is 42.1 Å². The van der Waals surface area contributed by atoms with Crippen molar-refractivity contribution in [2.24, 2.45) is 0 Å². The number of hydrogen-bond acceptors (Lipinski definition) is 7. The van der Waals surface area contributed by atoms with E-state index >= 15 is 0 Å². The summed E-state index contributed by atoms with van der Waals surface area (Å²) in [4.78, 5) is 0.217. The van der Waals surface area contributed by atoms with Crippen molar-refractivity contribution in [2.45, 2.75) is 31.7 Å². The predicted octanol–water partition coefficient (Wildman–Crippen LogP) is 3.36. The van der Waals surface area contributed by atoms with Crippen LogP contribution < -0.4 is 9.04 Å². The van der Waals surface area contributed by atoms with Gasteiger partial charge in [0.05, 0.1) is 24.2 Å². The van der Waals surface area contributed by atoms with Gasteiger partial charge in [-0.1, -0.05) is 18.2 Å². The topological polar surface area (TPSA) is 103 Å². The summed E-state index contributed by atoms with van der Waals surface area (Å²) in [5.41, 5.74) is 3.48. The molecule has 0 saturated carbocycles. The third kappa shape index (κ3) is 3.66. The number of benzene rings is 2. The number of sulfonamides is 1. The number of ether oxygens (including phenoxy) is 1. The summed E-state index contributed by atoms with van der Waals surface area (Å²) in [5.74, 6) is 1.44. The number of rotatable bonds is 6. The van der Waals surface area contributed by atoms with Gasteiger partial charge in [-0.15, -0.1) is 10.2 Å². The molecule has 3 heterocycles. The maximum absolute atomic E-state index is 13.6. The van der Waals surface area contributed by atoms with Crippen LogP contribution in [0.3, 0.4) is 0 Å². The molecule has 0 unspecified atom stereocenters. The Morgan fingerprint density at radius 3 is 2.58 bits per heavy atom. The van der Waals surface area contributed by atoms with Crippen LogP contribution in [0.4, 0.5) is 5.69 Å². The highest BCUT2D eigenvalue weighted by molar-refractivity contribution is 7.93. The molecule has 4 aromatic rings.